The van der Waals surface area contributed by atoms with Crippen LogP contribution in [0.1, 0.15) is 16.7 Å². The monoisotopic (exact) mass is 209 g/mol. The molecule has 0 radical (unpaired) electrons. The summed E-state index contributed by atoms with van der Waals surface area (Å²) in [5.74, 6) is 0.158. The number of aryl methyl sites for hydroxylation is 2. The zero-order valence-electron chi connectivity index (χ0n) is 8.91. The molecule has 4 nitrogen and oxygen atoms in total. The molecule has 0 atom stereocenters. The van der Waals surface area contributed by atoms with E-state index in [4.69, 9.17) is 15.6 Å². The number of primary amides is 1. The molecule has 0 unspecified atom stereocenters. The fourth-order valence-electron chi connectivity index (χ4n) is 1.50. The molecule has 1 aromatic rings. The van der Waals surface area contributed by atoms with Crippen LogP contribution in [0.15, 0.2) is 12.1 Å². The fraction of sp³-hybridized carbons (Fsp3) is 0.364. The lowest BCUT2D eigenvalue weighted by Gasteiger charge is -2.12. The number of hydrogen-bond donors (Lipinski definition) is 2. The molecule has 1 aromatic carbocycles. The van der Waals surface area contributed by atoms with Gasteiger partial charge in [0.15, 0.2) is 6.61 Å². The zero-order valence-corrected chi connectivity index (χ0v) is 8.91. The van der Waals surface area contributed by atoms with Crippen LogP contribution < -0.4 is 10.5 Å². The summed E-state index contributed by atoms with van der Waals surface area (Å²) < 4.78 is 5.27. The van der Waals surface area contributed by atoms with Gasteiger partial charge in [0.2, 0.25) is 0 Å². The van der Waals surface area contributed by atoms with Gasteiger partial charge in [0.05, 0.1) is 6.61 Å². The van der Waals surface area contributed by atoms with Gasteiger partial charge in [-0.15, -0.1) is 0 Å². The molecule has 4 heteroatoms. The van der Waals surface area contributed by atoms with Crippen molar-refractivity contribution in [3.05, 3.63) is 28.8 Å². The highest BCUT2D eigenvalue weighted by Gasteiger charge is 2.07. The molecule has 0 saturated carbocycles. The summed E-state index contributed by atoms with van der Waals surface area (Å²) in [6.45, 7) is 3.60. The summed E-state index contributed by atoms with van der Waals surface area (Å²) in [7, 11) is 0. The van der Waals surface area contributed by atoms with Gasteiger partial charge in [0.25, 0.3) is 5.91 Å². The van der Waals surface area contributed by atoms with Crippen LogP contribution in [-0.4, -0.2) is 17.6 Å². The van der Waals surface area contributed by atoms with E-state index in [9.17, 15) is 4.79 Å². The molecule has 82 valence electrons. The molecular weight excluding hydrogens is 194 g/mol. The van der Waals surface area contributed by atoms with Crippen molar-refractivity contribution in [2.75, 3.05) is 6.61 Å². The molecule has 0 bridgehead atoms. The van der Waals surface area contributed by atoms with Gasteiger partial charge in [-0.3, -0.25) is 4.79 Å². The molecular formula is C11H15NO3. The van der Waals surface area contributed by atoms with E-state index in [1.165, 1.54) is 0 Å². The van der Waals surface area contributed by atoms with E-state index in [-0.39, 0.29) is 13.2 Å². The maximum atomic E-state index is 10.6. The van der Waals surface area contributed by atoms with Crippen molar-refractivity contribution < 1.29 is 14.6 Å². The van der Waals surface area contributed by atoms with Crippen LogP contribution in [0.25, 0.3) is 0 Å². The highest BCUT2D eigenvalue weighted by molar-refractivity contribution is 5.75. The quantitative estimate of drug-likeness (QED) is 0.765. The molecule has 0 spiro atoms. The molecule has 15 heavy (non-hydrogen) atoms. The average molecular weight is 209 g/mol. The molecule has 3 N–H and O–H groups in total. The van der Waals surface area contributed by atoms with Crippen LogP contribution in [0.2, 0.25) is 0 Å². The molecule has 0 fully saturated rings. The van der Waals surface area contributed by atoms with E-state index >= 15 is 0 Å². The average Bonchev–Trinajstić information content (AvgIpc) is 2.15. The smallest absolute Gasteiger partial charge is 0.255 e. The Bertz CT molecular complexity index is 351. The molecule has 1 amide bonds. The van der Waals surface area contributed by atoms with E-state index < -0.39 is 5.91 Å². The second-order valence-corrected chi connectivity index (χ2v) is 3.47. The van der Waals surface area contributed by atoms with Gasteiger partial charge in [-0.05, 0) is 30.5 Å². The van der Waals surface area contributed by atoms with E-state index in [0.29, 0.717) is 5.75 Å². The minimum absolute atomic E-state index is 0.00220. The first-order valence-corrected chi connectivity index (χ1v) is 4.66. The maximum Gasteiger partial charge on any atom is 0.255 e. The molecule has 0 heterocycles. The van der Waals surface area contributed by atoms with Crippen LogP contribution in [0.5, 0.6) is 5.75 Å². The van der Waals surface area contributed by atoms with Gasteiger partial charge in [-0.2, -0.15) is 0 Å². The van der Waals surface area contributed by atoms with Gasteiger partial charge in [-0.1, -0.05) is 12.1 Å². The lowest BCUT2D eigenvalue weighted by molar-refractivity contribution is -0.119. The Kier molecular flexibility index (Phi) is 3.68. The number of rotatable bonds is 4. The summed E-state index contributed by atoms with van der Waals surface area (Å²) in [6, 6.07) is 3.65. The Morgan fingerprint density at radius 1 is 1.40 bits per heavy atom. The van der Waals surface area contributed by atoms with Crippen molar-refractivity contribution in [3.8, 4) is 5.75 Å². The van der Waals surface area contributed by atoms with Gasteiger partial charge in [0, 0.05) is 0 Å². The Balaban J connectivity index is 2.92. The minimum Gasteiger partial charge on any atom is -0.483 e. The number of ether oxygens (including phenoxy) is 1. The number of amides is 1. The Labute approximate surface area is 88.7 Å². The number of carbonyl (C=O) groups is 1. The van der Waals surface area contributed by atoms with E-state index in [0.717, 1.165) is 16.7 Å². The Morgan fingerprint density at radius 3 is 2.33 bits per heavy atom. The number of nitrogens with two attached hydrogens (primary N) is 1. The second-order valence-electron chi connectivity index (χ2n) is 3.47. The summed E-state index contributed by atoms with van der Waals surface area (Å²) in [5, 5.41) is 8.98. The third kappa shape index (κ3) is 2.95. The van der Waals surface area contributed by atoms with E-state index in [1.54, 1.807) is 0 Å². The lowest BCUT2D eigenvalue weighted by atomic mass is 10.1. The molecule has 1 rings (SSSR count). The highest BCUT2D eigenvalue weighted by atomic mass is 16.5. The number of hydrogen-bond acceptors (Lipinski definition) is 3. The summed E-state index contributed by atoms with van der Waals surface area (Å²) in [6.07, 6.45) is 0. The Morgan fingerprint density at radius 2 is 1.93 bits per heavy atom. The van der Waals surface area contributed by atoms with Crippen molar-refractivity contribution in [1.82, 2.24) is 0 Å². The Hall–Kier alpha value is -1.55. The highest BCUT2D eigenvalue weighted by Crippen LogP contribution is 2.24. The normalized spacial score (nSPS) is 10.1. The predicted octanol–water partition coefficient (Wildman–Crippen LogP) is 0.660. The van der Waals surface area contributed by atoms with Crippen LogP contribution in [0.3, 0.4) is 0 Å². The van der Waals surface area contributed by atoms with Crippen LogP contribution in [0, 0.1) is 13.8 Å². The third-order valence-electron chi connectivity index (χ3n) is 2.06. The number of benzene rings is 1. The summed E-state index contributed by atoms with van der Waals surface area (Å²) in [4.78, 5) is 10.6. The van der Waals surface area contributed by atoms with Crippen molar-refractivity contribution in [2.24, 2.45) is 5.73 Å². The molecule has 0 saturated heterocycles. The summed E-state index contributed by atoms with van der Waals surface area (Å²) >= 11 is 0. The largest absolute Gasteiger partial charge is 0.483 e. The van der Waals surface area contributed by atoms with Crippen molar-refractivity contribution in [1.29, 1.82) is 0 Å². The van der Waals surface area contributed by atoms with Crippen LogP contribution in [-0.2, 0) is 11.4 Å². The third-order valence-corrected chi connectivity index (χ3v) is 2.06. The van der Waals surface area contributed by atoms with Gasteiger partial charge >= 0.3 is 0 Å². The van der Waals surface area contributed by atoms with Gasteiger partial charge in [-0.25, -0.2) is 0 Å². The number of carbonyl (C=O) groups excluding carboxylic acids is 1. The van der Waals surface area contributed by atoms with Gasteiger partial charge < -0.3 is 15.6 Å². The lowest BCUT2D eigenvalue weighted by Crippen LogP contribution is -2.20. The topological polar surface area (TPSA) is 72.6 Å². The fourth-order valence-corrected chi connectivity index (χ4v) is 1.50. The molecule has 0 aliphatic heterocycles. The molecule has 0 aliphatic carbocycles. The molecule has 0 aromatic heterocycles. The van der Waals surface area contributed by atoms with Crippen LogP contribution in [0.4, 0.5) is 0 Å². The molecule has 0 aliphatic rings. The SMILES string of the molecule is Cc1cc(CO)cc(C)c1OCC(N)=O. The number of aliphatic hydroxyl groups is 1. The first kappa shape index (κ1) is 11.5. The minimum atomic E-state index is -0.500. The van der Waals surface area contributed by atoms with Gasteiger partial charge in [0.1, 0.15) is 5.75 Å². The van der Waals surface area contributed by atoms with Crippen molar-refractivity contribution in [2.45, 2.75) is 20.5 Å². The first-order chi connectivity index (χ1) is 7.04. The standard InChI is InChI=1S/C11H15NO3/c1-7-3-9(5-13)4-8(2)11(7)15-6-10(12)14/h3-4,13H,5-6H2,1-2H3,(H2,12,14). The van der Waals surface area contributed by atoms with Crippen molar-refractivity contribution >= 4 is 5.91 Å². The van der Waals surface area contributed by atoms with E-state index in [2.05, 4.69) is 0 Å². The van der Waals surface area contributed by atoms with Crippen molar-refractivity contribution in [3.63, 3.8) is 0 Å². The zero-order chi connectivity index (χ0) is 11.4. The van der Waals surface area contributed by atoms with E-state index in [1.807, 2.05) is 26.0 Å². The second kappa shape index (κ2) is 4.79. The number of aliphatic hydroxyl groups excluding tert-OH is 1. The summed E-state index contributed by atoms with van der Waals surface area (Å²) in [5.41, 5.74) is 7.60. The predicted molar refractivity (Wildman–Crippen MR) is 56.5 cm³/mol. The maximum absolute atomic E-state index is 10.6. The first-order valence-electron chi connectivity index (χ1n) is 4.66. The van der Waals surface area contributed by atoms with Crippen LogP contribution >= 0.6 is 0 Å².